The lowest BCUT2D eigenvalue weighted by Crippen LogP contribution is -2.15. The molecule has 0 saturated heterocycles. The van der Waals surface area contributed by atoms with Gasteiger partial charge in [-0.05, 0) is 48.0 Å². The summed E-state index contributed by atoms with van der Waals surface area (Å²) < 4.78 is 7.67. The van der Waals surface area contributed by atoms with E-state index in [-0.39, 0.29) is 0 Å². The number of nitrogens with one attached hydrogen (secondary N) is 1. The van der Waals surface area contributed by atoms with Gasteiger partial charge < -0.3 is 10.1 Å². The average molecular weight is 375 g/mol. The van der Waals surface area contributed by atoms with Crippen molar-refractivity contribution in [3.63, 3.8) is 0 Å². The Kier molecular flexibility index (Phi) is 7.41. The van der Waals surface area contributed by atoms with Gasteiger partial charge in [0.1, 0.15) is 5.75 Å². The van der Waals surface area contributed by atoms with Crippen LogP contribution in [0.4, 0.5) is 0 Å². The fourth-order valence-electron chi connectivity index (χ4n) is 1.59. The molecule has 2 nitrogen and oxygen atoms in total. The lowest BCUT2D eigenvalue weighted by atomic mass is 10.2. The van der Waals surface area contributed by atoms with Crippen LogP contribution < -0.4 is 10.1 Å². The van der Waals surface area contributed by atoms with Crippen molar-refractivity contribution in [2.24, 2.45) is 0 Å². The molecule has 0 fully saturated rings. The normalized spacial score (nSPS) is 10.1. The summed E-state index contributed by atoms with van der Waals surface area (Å²) in [6.07, 6.45) is 7.02. The summed E-state index contributed by atoms with van der Waals surface area (Å²) >= 11 is 7.02. The number of ether oxygens (including phenoxy) is 1. The van der Waals surface area contributed by atoms with Crippen LogP contribution >= 0.6 is 31.9 Å². The third-order valence-electron chi connectivity index (χ3n) is 2.36. The Morgan fingerprint density at radius 3 is 2.83 bits per heavy atom. The quantitative estimate of drug-likeness (QED) is 0.572. The molecule has 1 rings (SSSR count). The highest BCUT2D eigenvalue weighted by molar-refractivity contribution is 9.11. The Balaban J connectivity index is 2.65. The Bertz CT molecular complexity index is 427. The molecule has 0 heterocycles. The van der Waals surface area contributed by atoms with Crippen LogP contribution in [0.15, 0.2) is 21.1 Å². The highest BCUT2D eigenvalue weighted by Gasteiger charge is 2.09. The molecular formula is C14H17Br2NO. The number of rotatable bonds is 7. The maximum Gasteiger partial charge on any atom is 0.138 e. The van der Waals surface area contributed by atoms with Gasteiger partial charge in [-0.2, -0.15) is 0 Å². The fraction of sp³-hybridized carbons (Fsp3) is 0.429. The molecular weight excluding hydrogens is 358 g/mol. The van der Waals surface area contributed by atoms with Crippen molar-refractivity contribution in [2.45, 2.75) is 26.3 Å². The van der Waals surface area contributed by atoms with Crippen LogP contribution in [-0.2, 0) is 6.54 Å². The molecule has 0 aliphatic rings. The molecule has 98 valence electrons. The van der Waals surface area contributed by atoms with E-state index in [1.54, 1.807) is 0 Å². The van der Waals surface area contributed by atoms with Gasteiger partial charge in [0.15, 0.2) is 0 Å². The van der Waals surface area contributed by atoms with Crippen LogP contribution in [0.2, 0.25) is 0 Å². The minimum absolute atomic E-state index is 0.657. The van der Waals surface area contributed by atoms with E-state index >= 15 is 0 Å². The smallest absolute Gasteiger partial charge is 0.138 e. The first-order chi connectivity index (χ1) is 8.69. The number of benzene rings is 1. The van der Waals surface area contributed by atoms with E-state index in [0.717, 1.165) is 46.2 Å². The predicted molar refractivity (Wildman–Crippen MR) is 82.8 cm³/mol. The second-order valence-electron chi connectivity index (χ2n) is 3.79. The molecule has 1 aromatic rings. The summed E-state index contributed by atoms with van der Waals surface area (Å²) in [4.78, 5) is 0. The molecule has 0 unspecified atom stereocenters. The maximum absolute atomic E-state index is 5.66. The van der Waals surface area contributed by atoms with Crippen LogP contribution in [0.25, 0.3) is 0 Å². The van der Waals surface area contributed by atoms with E-state index in [4.69, 9.17) is 11.2 Å². The molecule has 0 amide bonds. The van der Waals surface area contributed by atoms with Gasteiger partial charge in [0.05, 0.1) is 11.1 Å². The number of halogens is 2. The summed E-state index contributed by atoms with van der Waals surface area (Å²) in [5.41, 5.74) is 1.14. The second-order valence-corrected chi connectivity index (χ2v) is 5.56. The standard InChI is InChI=1S/C14H17Br2NO/c1-3-5-6-7-17-10-11-8-12(15)9-13(16)14(11)18-4-2/h1,8-9,17H,4-7,10H2,2H3. The van der Waals surface area contributed by atoms with E-state index in [1.807, 2.05) is 13.0 Å². The Hall–Kier alpha value is -0.500. The van der Waals surface area contributed by atoms with Crippen molar-refractivity contribution in [1.29, 1.82) is 0 Å². The second kappa shape index (κ2) is 8.58. The number of hydrogen-bond acceptors (Lipinski definition) is 2. The van der Waals surface area contributed by atoms with Crippen LogP contribution in [0, 0.1) is 12.3 Å². The first-order valence-corrected chi connectivity index (χ1v) is 7.52. The van der Waals surface area contributed by atoms with Gasteiger partial charge in [-0.25, -0.2) is 0 Å². The Morgan fingerprint density at radius 2 is 2.17 bits per heavy atom. The molecule has 1 aromatic carbocycles. The molecule has 0 saturated carbocycles. The minimum atomic E-state index is 0.657. The van der Waals surface area contributed by atoms with Gasteiger partial charge in [-0.3, -0.25) is 0 Å². The maximum atomic E-state index is 5.66. The molecule has 0 aromatic heterocycles. The van der Waals surface area contributed by atoms with Crippen molar-refractivity contribution in [3.05, 3.63) is 26.6 Å². The van der Waals surface area contributed by atoms with E-state index in [0.29, 0.717) is 6.61 Å². The van der Waals surface area contributed by atoms with Gasteiger partial charge in [-0.1, -0.05) is 15.9 Å². The zero-order chi connectivity index (χ0) is 13.4. The van der Waals surface area contributed by atoms with Crippen molar-refractivity contribution in [3.8, 4) is 18.1 Å². The summed E-state index contributed by atoms with van der Waals surface area (Å²) in [7, 11) is 0. The lowest BCUT2D eigenvalue weighted by molar-refractivity contribution is 0.333. The molecule has 18 heavy (non-hydrogen) atoms. The van der Waals surface area contributed by atoms with E-state index < -0.39 is 0 Å². The van der Waals surface area contributed by atoms with Crippen LogP contribution in [0.5, 0.6) is 5.75 Å². The largest absolute Gasteiger partial charge is 0.492 e. The van der Waals surface area contributed by atoms with Crippen LogP contribution in [0.3, 0.4) is 0 Å². The van der Waals surface area contributed by atoms with Gasteiger partial charge >= 0.3 is 0 Å². The first-order valence-electron chi connectivity index (χ1n) is 5.94. The highest BCUT2D eigenvalue weighted by atomic mass is 79.9. The molecule has 0 spiro atoms. The molecule has 0 aliphatic heterocycles. The first kappa shape index (κ1) is 15.6. The fourth-order valence-corrected chi connectivity index (χ4v) is 3.02. The zero-order valence-electron chi connectivity index (χ0n) is 10.4. The highest BCUT2D eigenvalue weighted by Crippen LogP contribution is 2.32. The van der Waals surface area contributed by atoms with Crippen LogP contribution in [0.1, 0.15) is 25.3 Å². The number of hydrogen-bond donors (Lipinski definition) is 1. The number of terminal acetylenes is 1. The van der Waals surface area contributed by atoms with E-state index in [2.05, 4.69) is 49.2 Å². The average Bonchev–Trinajstić information content (AvgIpc) is 2.33. The monoisotopic (exact) mass is 373 g/mol. The molecule has 0 bridgehead atoms. The molecule has 0 aliphatic carbocycles. The van der Waals surface area contributed by atoms with Gasteiger partial charge in [0.25, 0.3) is 0 Å². The van der Waals surface area contributed by atoms with Crippen LogP contribution in [-0.4, -0.2) is 13.2 Å². The number of unbranched alkanes of at least 4 members (excludes halogenated alkanes) is 1. The SMILES string of the molecule is C#CCCCNCc1cc(Br)cc(Br)c1OCC. The van der Waals surface area contributed by atoms with Crippen molar-refractivity contribution in [1.82, 2.24) is 5.32 Å². The lowest BCUT2D eigenvalue weighted by Gasteiger charge is -2.13. The topological polar surface area (TPSA) is 21.3 Å². The van der Waals surface area contributed by atoms with E-state index in [9.17, 15) is 0 Å². The van der Waals surface area contributed by atoms with Crippen molar-refractivity contribution < 1.29 is 4.74 Å². The third-order valence-corrected chi connectivity index (χ3v) is 3.41. The van der Waals surface area contributed by atoms with E-state index in [1.165, 1.54) is 0 Å². The van der Waals surface area contributed by atoms with Gasteiger partial charge in [-0.15, -0.1) is 12.3 Å². The Morgan fingerprint density at radius 1 is 1.39 bits per heavy atom. The van der Waals surface area contributed by atoms with Gasteiger partial charge in [0.2, 0.25) is 0 Å². The molecule has 4 heteroatoms. The Labute approximate surface area is 126 Å². The zero-order valence-corrected chi connectivity index (χ0v) is 13.6. The predicted octanol–water partition coefficient (Wildman–Crippen LogP) is 4.11. The summed E-state index contributed by atoms with van der Waals surface area (Å²) in [6, 6.07) is 4.07. The molecule has 0 atom stereocenters. The van der Waals surface area contributed by atoms with Crippen molar-refractivity contribution >= 4 is 31.9 Å². The summed E-state index contributed by atoms with van der Waals surface area (Å²) in [5, 5.41) is 3.37. The molecule has 0 radical (unpaired) electrons. The van der Waals surface area contributed by atoms with Gasteiger partial charge in [0, 0.05) is 23.0 Å². The third kappa shape index (κ3) is 5.01. The molecule has 1 N–H and O–H groups in total. The summed E-state index contributed by atoms with van der Waals surface area (Å²) in [6.45, 7) is 4.33. The summed E-state index contributed by atoms with van der Waals surface area (Å²) in [5.74, 6) is 3.54. The minimum Gasteiger partial charge on any atom is -0.492 e. The van der Waals surface area contributed by atoms with Crippen molar-refractivity contribution in [2.75, 3.05) is 13.2 Å².